The summed E-state index contributed by atoms with van der Waals surface area (Å²) in [6.07, 6.45) is 9.96. The number of nitrogens with one attached hydrogen (secondary N) is 1. The third kappa shape index (κ3) is 3.00. The standard InChI is InChI=1S/C20H24N4S/c1-2-7-14(6-1)20-21-12-15(25-20)13-24-11-5-10-18(24)19-22-16-8-3-4-9-17(16)23-19/h3-4,8-9,12,14,18H,1-2,5-7,10-11,13H2,(H,22,23)/t18-/m0/s1. The van der Waals surface area contributed by atoms with Crippen molar-refractivity contribution in [3.8, 4) is 0 Å². The number of aromatic nitrogens is 3. The van der Waals surface area contributed by atoms with E-state index in [1.165, 1.54) is 48.4 Å². The van der Waals surface area contributed by atoms with Gasteiger partial charge < -0.3 is 4.98 Å². The molecule has 25 heavy (non-hydrogen) atoms. The van der Waals surface area contributed by atoms with Crippen LogP contribution >= 0.6 is 11.3 Å². The molecule has 130 valence electrons. The molecule has 2 aromatic heterocycles. The highest BCUT2D eigenvalue weighted by atomic mass is 32.1. The number of imidazole rings is 1. The molecule has 0 bridgehead atoms. The van der Waals surface area contributed by atoms with Gasteiger partial charge in [-0.2, -0.15) is 0 Å². The molecule has 1 atom stereocenters. The van der Waals surface area contributed by atoms with E-state index in [9.17, 15) is 0 Å². The maximum absolute atomic E-state index is 4.85. The zero-order valence-electron chi connectivity index (χ0n) is 14.4. The highest BCUT2D eigenvalue weighted by molar-refractivity contribution is 7.11. The van der Waals surface area contributed by atoms with Gasteiger partial charge in [-0.25, -0.2) is 9.97 Å². The van der Waals surface area contributed by atoms with E-state index in [1.54, 1.807) is 0 Å². The summed E-state index contributed by atoms with van der Waals surface area (Å²) in [5, 5.41) is 1.37. The Morgan fingerprint density at radius 2 is 2.00 bits per heavy atom. The van der Waals surface area contributed by atoms with Gasteiger partial charge in [0.1, 0.15) is 5.82 Å². The van der Waals surface area contributed by atoms with Gasteiger partial charge >= 0.3 is 0 Å². The van der Waals surface area contributed by atoms with Crippen molar-refractivity contribution in [1.29, 1.82) is 0 Å². The summed E-state index contributed by atoms with van der Waals surface area (Å²) in [4.78, 5) is 17.1. The van der Waals surface area contributed by atoms with Crippen molar-refractivity contribution in [3.63, 3.8) is 0 Å². The summed E-state index contributed by atoms with van der Waals surface area (Å²) >= 11 is 1.94. The predicted octanol–water partition coefficient (Wildman–Crippen LogP) is 5.01. The minimum atomic E-state index is 0.407. The van der Waals surface area contributed by atoms with E-state index in [4.69, 9.17) is 9.97 Å². The lowest BCUT2D eigenvalue weighted by Crippen LogP contribution is -2.23. The monoisotopic (exact) mass is 352 g/mol. The number of nitrogens with zero attached hydrogens (tertiary/aromatic N) is 3. The first-order valence-corrected chi connectivity index (χ1v) is 10.3. The smallest absolute Gasteiger partial charge is 0.124 e. The van der Waals surface area contributed by atoms with E-state index in [2.05, 4.69) is 40.3 Å². The van der Waals surface area contributed by atoms with E-state index in [1.807, 2.05) is 11.3 Å². The van der Waals surface area contributed by atoms with E-state index in [0.717, 1.165) is 35.9 Å². The molecular formula is C20H24N4S. The number of hydrogen-bond acceptors (Lipinski definition) is 4. The highest BCUT2D eigenvalue weighted by Gasteiger charge is 2.29. The van der Waals surface area contributed by atoms with Gasteiger partial charge in [-0.3, -0.25) is 4.90 Å². The maximum atomic E-state index is 4.85. The SMILES string of the molecule is c1ccc2[nH]c([C@@H]3CCCN3Cc3cnc(C4CCCC4)s3)nc2c1. The van der Waals surface area contributed by atoms with E-state index in [-0.39, 0.29) is 0 Å². The van der Waals surface area contributed by atoms with Crippen molar-refractivity contribution in [2.45, 2.75) is 57.0 Å². The number of aromatic amines is 1. The molecule has 3 heterocycles. The minimum absolute atomic E-state index is 0.407. The van der Waals surface area contributed by atoms with Crippen LogP contribution in [0.15, 0.2) is 30.5 Å². The predicted molar refractivity (Wildman–Crippen MR) is 102 cm³/mol. The summed E-state index contributed by atoms with van der Waals surface area (Å²) in [7, 11) is 0. The van der Waals surface area contributed by atoms with Crippen molar-refractivity contribution < 1.29 is 0 Å². The van der Waals surface area contributed by atoms with Crippen LogP contribution in [0, 0.1) is 0 Å². The van der Waals surface area contributed by atoms with Crippen LogP contribution in [0.2, 0.25) is 0 Å². The van der Waals surface area contributed by atoms with E-state index < -0.39 is 0 Å². The zero-order chi connectivity index (χ0) is 16.6. The minimum Gasteiger partial charge on any atom is -0.341 e. The van der Waals surface area contributed by atoms with Crippen LogP contribution in [0.5, 0.6) is 0 Å². The number of H-pyrrole nitrogens is 1. The lowest BCUT2D eigenvalue weighted by atomic mass is 10.1. The van der Waals surface area contributed by atoms with Crippen molar-refractivity contribution in [1.82, 2.24) is 19.9 Å². The molecular weight excluding hydrogens is 328 g/mol. The average molecular weight is 353 g/mol. The molecule has 4 nitrogen and oxygen atoms in total. The number of para-hydroxylation sites is 2. The normalized spacial score (nSPS) is 22.3. The Bertz CT molecular complexity index is 828. The molecule has 1 saturated heterocycles. The van der Waals surface area contributed by atoms with Crippen LogP contribution in [-0.2, 0) is 6.54 Å². The van der Waals surface area contributed by atoms with Crippen LogP contribution in [0.1, 0.15) is 66.2 Å². The summed E-state index contributed by atoms with van der Waals surface area (Å²) in [5.74, 6) is 1.85. The molecule has 1 aliphatic heterocycles. The Morgan fingerprint density at radius 1 is 1.12 bits per heavy atom. The second kappa shape index (κ2) is 6.54. The Morgan fingerprint density at radius 3 is 2.88 bits per heavy atom. The number of hydrogen-bond donors (Lipinski definition) is 1. The van der Waals surface area contributed by atoms with Gasteiger partial charge in [0, 0.05) is 23.5 Å². The first kappa shape index (κ1) is 15.5. The average Bonchev–Trinajstić information content (AvgIpc) is 3.41. The van der Waals surface area contributed by atoms with Crippen molar-refractivity contribution in [2.75, 3.05) is 6.54 Å². The van der Waals surface area contributed by atoms with Crippen LogP contribution in [0.3, 0.4) is 0 Å². The quantitative estimate of drug-likeness (QED) is 0.717. The van der Waals surface area contributed by atoms with Crippen LogP contribution in [-0.4, -0.2) is 26.4 Å². The Labute approximate surface area is 152 Å². The lowest BCUT2D eigenvalue weighted by Gasteiger charge is -2.21. The van der Waals surface area contributed by atoms with Gasteiger partial charge in [0.05, 0.1) is 22.1 Å². The van der Waals surface area contributed by atoms with Crippen LogP contribution in [0.4, 0.5) is 0 Å². The first-order chi connectivity index (χ1) is 12.4. The maximum Gasteiger partial charge on any atom is 0.124 e. The third-order valence-corrected chi connectivity index (χ3v) is 6.87. The fraction of sp³-hybridized carbons (Fsp3) is 0.500. The van der Waals surface area contributed by atoms with E-state index in [0.29, 0.717) is 6.04 Å². The first-order valence-electron chi connectivity index (χ1n) is 9.50. The number of thiazole rings is 1. The van der Waals surface area contributed by atoms with Gasteiger partial charge in [0.25, 0.3) is 0 Å². The Hall–Kier alpha value is -1.72. The summed E-state index contributed by atoms with van der Waals surface area (Å²) in [6, 6.07) is 8.73. The Balaban J connectivity index is 1.34. The molecule has 2 fully saturated rings. The number of benzene rings is 1. The molecule has 3 aromatic rings. The van der Waals surface area contributed by atoms with Crippen LogP contribution in [0.25, 0.3) is 11.0 Å². The number of rotatable bonds is 4. The van der Waals surface area contributed by atoms with E-state index >= 15 is 0 Å². The van der Waals surface area contributed by atoms with Crippen molar-refractivity contribution >= 4 is 22.4 Å². The van der Waals surface area contributed by atoms with Crippen molar-refractivity contribution in [2.24, 2.45) is 0 Å². The topological polar surface area (TPSA) is 44.8 Å². The lowest BCUT2D eigenvalue weighted by molar-refractivity contribution is 0.243. The summed E-state index contributed by atoms with van der Waals surface area (Å²) in [5.41, 5.74) is 2.22. The third-order valence-electron chi connectivity index (χ3n) is 5.72. The molecule has 1 aliphatic carbocycles. The van der Waals surface area contributed by atoms with Gasteiger partial charge in [-0.05, 0) is 44.4 Å². The fourth-order valence-corrected chi connectivity index (χ4v) is 5.52. The molecule has 1 saturated carbocycles. The van der Waals surface area contributed by atoms with Crippen molar-refractivity contribution in [3.05, 3.63) is 46.2 Å². The zero-order valence-corrected chi connectivity index (χ0v) is 15.3. The molecule has 2 aliphatic rings. The molecule has 0 radical (unpaired) electrons. The second-order valence-corrected chi connectivity index (χ2v) is 8.56. The largest absolute Gasteiger partial charge is 0.341 e. The number of likely N-dealkylation sites (tertiary alicyclic amines) is 1. The molecule has 0 amide bonds. The molecule has 5 heteroatoms. The molecule has 1 aromatic carbocycles. The fourth-order valence-electron chi connectivity index (χ4n) is 4.41. The van der Waals surface area contributed by atoms with Gasteiger partial charge in [-0.15, -0.1) is 11.3 Å². The molecule has 0 spiro atoms. The molecule has 1 N–H and O–H groups in total. The Kier molecular flexibility index (Phi) is 4.06. The second-order valence-electron chi connectivity index (χ2n) is 7.41. The summed E-state index contributed by atoms with van der Waals surface area (Å²) in [6.45, 7) is 2.16. The van der Waals surface area contributed by atoms with Gasteiger partial charge in [0.15, 0.2) is 0 Å². The van der Waals surface area contributed by atoms with Gasteiger partial charge in [-0.1, -0.05) is 25.0 Å². The highest BCUT2D eigenvalue weighted by Crippen LogP contribution is 2.38. The van der Waals surface area contributed by atoms with Gasteiger partial charge in [0.2, 0.25) is 0 Å². The number of fused-ring (bicyclic) bond motifs is 1. The molecule has 0 unspecified atom stereocenters. The summed E-state index contributed by atoms with van der Waals surface area (Å²) < 4.78 is 0. The molecule has 5 rings (SSSR count). The van der Waals surface area contributed by atoms with Crippen LogP contribution < -0.4 is 0 Å².